The summed E-state index contributed by atoms with van der Waals surface area (Å²) in [5.74, 6) is -0.763. The Morgan fingerprint density at radius 1 is 1.18 bits per heavy atom. The van der Waals surface area contributed by atoms with Gasteiger partial charge < -0.3 is 9.52 Å². The third-order valence-corrected chi connectivity index (χ3v) is 5.83. The Kier molecular flexibility index (Phi) is 4.40. The van der Waals surface area contributed by atoms with Gasteiger partial charge in [-0.05, 0) is 24.3 Å². The van der Waals surface area contributed by atoms with Crippen LogP contribution in [0.1, 0.15) is 5.76 Å². The Morgan fingerprint density at radius 2 is 1.93 bits per heavy atom. The molecule has 142 valence electrons. The van der Waals surface area contributed by atoms with Crippen molar-refractivity contribution in [1.82, 2.24) is 14.2 Å². The Morgan fingerprint density at radius 3 is 2.64 bits per heavy atom. The summed E-state index contributed by atoms with van der Waals surface area (Å²) in [5.41, 5.74) is 0.665. The first kappa shape index (κ1) is 18.2. The van der Waals surface area contributed by atoms with Gasteiger partial charge in [0, 0.05) is 16.0 Å². The maximum atomic E-state index is 12.9. The zero-order valence-electron chi connectivity index (χ0n) is 14.1. The fraction of sp³-hybridized carbons (Fsp3) is 0.0556. The summed E-state index contributed by atoms with van der Waals surface area (Å²) < 4.78 is 32.3. The first-order valence-corrected chi connectivity index (χ1v) is 9.83. The van der Waals surface area contributed by atoms with Crippen LogP contribution in [0.25, 0.3) is 22.4 Å². The summed E-state index contributed by atoms with van der Waals surface area (Å²) in [7, 11) is -3.93. The van der Waals surface area contributed by atoms with Crippen LogP contribution in [0, 0.1) is 0 Å². The molecule has 0 amide bonds. The molecule has 0 bridgehead atoms. The molecule has 0 saturated carbocycles. The summed E-state index contributed by atoms with van der Waals surface area (Å²) in [5, 5.41) is 13.6. The SMILES string of the molecule is O=C(O)Cc1cnc(-c2cc(Cl)cc3c2cnn3S(=O)(=O)c2ccccc2)o1. The maximum Gasteiger partial charge on any atom is 0.311 e. The average Bonchev–Trinajstić information content (AvgIpc) is 3.28. The van der Waals surface area contributed by atoms with Crippen LogP contribution in [-0.2, 0) is 21.2 Å². The molecule has 2 heterocycles. The minimum Gasteiger partial charge on any atom is -0.481 e. The number of rotatable bonds is 5. The number of nitrogens with zero attached hydrogens (tertiary/aromatic N) is 3. The molecule has 0 unspecified atom stereocenters. The van der Waals surface area contributed by atoms with Crippen LogP contribution >= 0.6 is 11.6 Å². The second-order valence-electron chi connectivity index (χ2n) is 5.89. The predicted octanol–water partition coefficient (Wildman–Crippen LogP) is 3.21. The number of hydrogen-bond acceptors (Lipinski definition) is 6. The van der Waals surface area contributed by atoms with Crippen LogP contribution in [0.2, 0.25) is 5.02 Å². The Labute approximate surface area is 164 Å². The standard InChI is InChI=1S/C18H12ClN3O5S/c19-11-6-14(18-20-9-12(27-18)8-17(23)24)15-10-21-22(16(15)7-11)28(25,26)13-4-2-1-3-5-13/h1-7,9-10H,8H2,(H,23,24). The van der Waals surface area contributed by atoms with E-state index < -0.39 is 16.0 Å². The second-order valence-corrected chi connectivity index (χ2v) is 8.10. The van der Waals surface area contributed by atoms with Crippen molar-refractivity contribution in [2.24, 2.45) is 0 Å². The van der Waals surface area contributed by atoms with Gasteiger partial charge >= 0.3 is 5.97 Å². The lowest BCUT2D eigenvalue weighted by Crippen LogP contribution is -2.14. The summed E-state index contributed by atoms with van der Waals surface area (Å²) in [6.07, 6.45) is 2.36. The summed E-state index contributed by atoms with van der Waals surface area (Å²) >= 11 is 6.19. The lowest BCUT2D eigenvalue weighted by Gasteiger charge is -2.07. The smallest absolute Gasteiger partial charge is 0.311 e. The molecule has 0 aliphatic rings. The molecular weight excluding hydrogens is 406 g/mol. The van der Waals surface area contributed by atoms with Crippen LogP contribution in [0.5, 0.6) is 0 Å². The number of benzene rings is 2. The normalized spacial score (nSPS) is 11.8. The third-order valence-electron chi connectivity index (χ3n) is 4.00. The summed E-state index contributed by atoms with van der Waals surface area (Å²) in [6.45, 7) is 0. The summed E-state index contributed by atoms with van der Waals surface area (Å²) in [6, 6.07) is 10.9. The van der Waals surface area contributed by atoms with Crippen LogP contribution in [0.4, 0.5) is 0 Å². The Bertz CT molecular complexity index is 1300. The Hall–Kier alpha value is -3.17. The molecule has 4 rings (SSSR count). The zero-order valence-corrected chi connectivity index (χ0v) is 15.7. The molecule has 1 N–H and O–H groups in total. The predicted molar refractivity (Wildman–Crippen MR) is 101 cm³/mol. The van der Waals surface area contributed by atoms with Crippen molar-refractivity contribution in [3.63, 3.8) is 0 Å². The van der Waals surface area contributed by atoms with Crippen molar-refractivity contribution in [1.29, 1.82) is 0 Å². The molecule has 0 aliphatic heterocycles. The molecule has 10 heteroatoms. The van der Waals surface area contributed by atoms with E-state index in [1.54, 1.807) is 24.3 Å². The minimum absolute atomic E-state index is 0.0846. The molecule has 2 aromatic carbocycles. The van der Waals surface area contributed by atoms with Crippen molar-refractivity contribution < 1.29 is 22.7 Å². The maximum absolute atomic E-state index is 12.9. The number of aliphatic carboxylic acids is 1. The monoisotopic (exact) mass is 417 g/mol. The number of hydrogen-bond donors (Lipinski definition) is 1. The van der Waals surface area contributed by atoms with E-state index in [0.717, 1.165) is 4.09 Å². The van der Waals surface area contributed by atoms with Gasteiger partial charge in [-0.1, -0.05) is 29.8 Å². The first-order chi connectivity index (χ1) is 13.4. The fourth-order valence-corrected chi connectivity index (χ4v) is 4.29. The third kappa shape index (κ3) is 3.14. The van der Waals surface area contributed by atoms with E-state index in [4.69, 9.17) is 21.1 Å². The van der Waals surface area contributed by atoms with Crippen LogP contribution in [0.15, 0.2) is 64.2 Å². The Balaban J connectivity index is 1.88. The first-order valence-electron chi connectivity index (χ1n) is 8.01. The number of carbonyl (C=O) groups is 1. The average molecular weight is 418 g/mol. The van der Waals surface area contributed by atoms with Gasteiger partial charge in [0.1, 0.15) is 12.2 Å². The highest BCUT2D eigenvalue weighted by molar-refractivity contribution is 7.90. The van der Waals surface area contributed by atoms with E-state index >= 15 is 0 Å². The van der Waals surface area contributed by atoms with E-state index in [1.807, 2.05) is 0 Å². The molecule has 0 aliphatic carbocycles. The number of fused-ring (bicyclic) bond motifs is 1. The molecule has 2 aromatic heterocycles. The van der Waals surface area contributed by atoms with Gasteiger partial charge in [-0.25, -0.2) is 4.98 Å². The lowest BCUT2D eigenvalue weighted by atomic mass is 10.1. The topological polar surface area (TPSA) is 115 Å². The molecule has 0 fully saturated rings. The van der Waals surface area contributed by atoms with Gasteiger partial charge in [0.25, 0.3) is 10.0 Å². The number of carboxylic acids is 1. The fourth-order valence-electron chi connectivity index (χ4n) is 2.79. The molecule has 0 atom stereocenters. The van der Waals surface area contributed by atoms with Crippen molar-refractivity contribution in [2.45, 2.75) is 11.3 Å². The minimum atomic E-state index is -3.93. The van der Waals surface area contributed by atoms with Gasteiger partial charge in [-0.3, -0.25) is 4.79 Å². The van der Waals surface area contributed by atoms with Crippen molar-refractivity contribution in [2.75, 3.05) is 0 Å². The van der Waals surface area contributed by atoms with Crippen molar-refractivity contribution in [3.05, 3.63) is 65.6 Å². The highest BCUT2D eigenvalue weighted by atomic mass is 35.5. The van der Waals surface area contributed by atoms with Gasteiger partial charge in [0.05, 0.1) is 22.8 Å². The number of aromatic nitrogens is 3. The van der Waals surface area contributed by atoms with E-state index in [0.29, 0.717) is 10.9 Å². The quantitative estimate of drug-likeness (QED) is 0.530. The van der Waals surface area contributed by atoms with Gasteiger partial charge in [-0.2, -0.15) is 17.6 Å². The molecule has 0 spiro atoms. The highest BCUT2D eigenvalue weighted by Crippen LogP contribution is 2.33. The number of halogens is 1. The van der Waals surface area contributed by atoms with Crippen LogP contribution < -0.4 is 0 Å². The van der Waals surface area contributed by atoms with E-state index in [9.17, 15) is 13.2 Å². The molecular formula is C18H12ClN3O5S. The van der Waals surface area contributed by atoms with Crippen molar-refractivity contribution >= 4 is 38.5 Å². The van der Waals surface area contributed by atoms with Gasteiger partial charge in [0.2, 0.25) is 5.89 Å². The van der Waals surface area contributed by atoms with E-state index in [-0.39, 0.29) is 33.5 Å². The van der Waals surface area contributed by atoms with Crippen LogP contribution in [-0.4, -0.2) is 33.7 Å². The van der Waals surface area contributed by atoms with Crippen molar-refractivity contribution in [3.8, 4) is 11.5 Å². The van der Waals surface area contributed by atoms with Crippen LogP contribution in [0.3, 0.4) is 0 Å². The zero-order chi connectivity index (χ0) is 19.9. The largest absolute Gasteiger partial charge is 0.481 e. The number of oxazole rings is 1. The van der Waals surface area contributed by atoms with Gasteiger partial charge in [0.15, 0.2) is 0 Å². The van der Waals surface area contributed by atoms with E-state index in [2.05, 4.69) is 10.1 Å². The van der Waals surface area contributed by atoms with E-state index in [1.165, 1.54) is 30.6 Å². The highest BCUT2D eigenvalue weighted by Gasteiger charge is 2.23. The lowest BCUT2D eigenvalue weighted by molar-refractivity contribution is -0.136. The molecule has 0 saturated heterocycles. The molecule has 4 aromatic rings. The molecule has 0 radical (unpaired) electrons. The molecule has 28 heavy (non-hydrogen) atoms. The number of carboxylic acid groups (broad SMARTS) is 1. The second kappa shape index (κ2) is 6.77. The molecule has 8 nitrogen and oxygen atoms in total. The van der Waals surface area contributed by atoms with Gasteiger partial charge in [-0.15, -0.1) is 0 Å². The summed E-state index contributed by atoms with van der Waals surface area (Å²) in [4.78, 5) is 15.0.